The summed E-state index contributed by atoms with van der Waals surface area (Å²) in [5.74, 6) is -0.428. The summed E-state index contributed by atoms with van der Waals surface area (Å²) in [7, 11) is -3.97. The lowest BCUT2D eigenvalue weighted by atomic mass is 10.2. The Hall–Kier alpha value is -3.10. The number of amides is 1. The van der Waals surface area contributed by atoms with Gasteiger partial charge < -0.3 is 14.6 Å². The van der Waals surface area contributed by atoms with Gasteiger partial charge in [-0.2, -0.15) is 0 Å². The summed E-state index contributed by atoms with van der Waals surface area (Å²) in [5, 5.41) is 6.87. The molecular formula is C20H17ClN3O4S-. The Kier molecular flexibility index (Phi) is 6.05. The van der Waals surface area contributed by atoms with Gasteiger partial charge in [0.05, 0.1) is 16.5 Å². The minimum Gasteiger partial charge on any atom is -0.539 e. The predicted octanol–water partition coefficient (Wildman–Crippen LogP) is 4.99. The van der Waals surface area contributed by atoms with Gasteiger partial charge >= 0.3 is 0 Å². The van der Waals surface area contributed by atoms with Crippen molar-refractivity contribution in [3.63, 3.8) is 0 Å². The fraction of sp³-hybridized carbons (Fsp3) is 0.100. The Morgan fingerprint density at radius 2 is 1.83 bits per heavy atom. The lowest BCUT2D eigenvalue weighted by Gasteiger charge is -2.19. The van der Waals surface area contributed by atoms with E-state index in [-0.39, 0.29) is 16.7 Å². The van der Waals surface area contributed by atoms with Gasteiger partial charge in [0.1, 0.15) is 10.0 Å². The molecule has 1 amide bonds. The Morgan fingerprint density at radius 3 is 2.45 bits per heavy atom. The molecule has 3 aromatic rings. The molecule has 0 aliphatic rings. The fourth-order valence-corrected chi connectivity index (χ4v) is 3.49. The van der Waals surface area contributed by atoms with Crippen molar-refractivity contribution in [3.05, 3.63) is 81.2 Å². The lowest BCUT2D eigenvalue weighted by molar-refractivity contribution is -0.111. The zero-order chi connectivity index (χ0) is 21.0. The molecule has 0 unspecified atom stereocenters. The number of carbonyl (C=O) groups is 1. The van der Waals surface area contributed by atoms with Gasteiger partial charge in [-0.3, -0.25) is 4.79 Å². The third-order valence-electron chi connectivity index (χ3n) is 4.07. The maximum absolute atomic E-state index is 12.4. The van der Waals surface area contributed by atoms with Crippen LogP contribution >= 0.6 is 11.6 Å². The zero-order valence-electron chi connectivity index (χ0n) is 15.6. The molecule has 150 valence electrons. The average Bonchev–Trinajstić information content (AvgIpc) is 2.99. The molecule has 29 heavy (non-hydrogen) atoms. The Bertz CT molecular complexity index is 1170. The standard InChI is InChI=1S/C20H18ClN3O4S/c1-13-14(2)23-28-20(13)24-29(26,27)17-10-8-16(9-11-17)22-19(25)12-7-15-5-3-4-6-18(15)21/h3-12H,1-2H3,(H2,22,23,24,25)/p-1. The molecule has 9 heteroatoms. The number of nitrogens with zero attached hydrogens (tertiary/aromatic N) is 2. The molecule has 0 spiro atoms. The van der Waals surface area contributed by atoms with Crippen LogP contribution in [0, 0.1) is 13.8 Å². The average molecular weight is 431 g/mol. The summed E-state index contributed by atoms with van der Waals surface area (Å²) in [6, 6.07) is 12.8. The number of carbonyl (C=O) groups excluding carboxylic acids is 1. The van der Waals surface area contributed by atoms with Gasteiger partial charge in [0, 0.05) is 16.8 Å². The van der Waals surface area contributed by atoms with Gasteiger partial charge in [-0.25, -0.2) is 8.42 Å². The van der Waals surface area contributed by atoms with Crippen LogP contribution in [0.3, 0.4) is 0 Å². The van der Waals surface area contributed by atoms with Crippen LogP contribution in [0.15, 0.2) is 64.0 Å². The number of sulfonamides is 1. The molecular weight excluding hydrogens is 414 g/mol. The smallest absolute Gasteiger partial charge is 0.248 e. The molecule has 2 aromatic carbocycles. The van der Waals surface area contributed by atoms with E-state index in [0.717, 1.165) is 0 Å². The highest BCUT2D eigenvalue weighted by Crippen LogP contribution is 2.32. The van der Waals surface area contributed by atoms with Crippen molar-refractivity contribution < 1.29 is 17.7 Å². The molecule has 0 aliphatic carbocycles. The zero-order valence-corrected chi connectivity index (χ0v) is 17.2. The van der Waals surface area contributed by atoms with Crippen LogP contribution in [0.1, 0.15) is 16.8 Å². The Labute approximate surface area is 173 Å². The van der Waals surface area contributed by atoms with Crippen molar-refractivity contribution in [1.29, 1.82) is 0 Å². The van der Waals surface area contributed by atoms with Gasteiger partial charge in [-0.15, -0.1) is 0 Å². The number of anilines is 1. The van der Waals surface area contributed by atoms with E-state index in [1.165, 1.54) is 30.3 Å². The van der Waals surface area contributed by atoms with Gasteiger partial charge in [-0.1, -0.05) is 35.0 Å². The van der Waals surface area contributed by atoms with Gasteiger partial charge in [0.25, 0.3) is 0 Å². The lowest BCUT2D eigenvalue weighted by Crippen LogP contribution is -2.08. The number of aryl methyl sites for hydroxylation is 1. The molecule has 0 aliphatic heterocycles. The second-order valence-corrected chi connectivity index (χ2v) is 8.14. The van der Waals surface area contributed by atoms with Crippen molar-refractivity contribution in [2.75, 3.05) is 5.32 Å². The molecule has 7 nitrogen and oxygen atoms in total. The van der Waals surface area contributed by atoms with Gasteiger partial charge in [0.2, 0.25) is 5.91 Å². The maximum Gasteiger partial charge on any atom is 0.248 e. The molecule has 0 saturated carbocycles. The van der Waals surface area contributed by atoms with Gasteiger partial charge in [0.15, 0.2) is 0 Å². The summed E-state index contributed by atoms with van der Waals surface area (Å²) in [5.41, 5.74) is 2.28. The number of aromatic nitrogens is 1. The van der Waals surface area contributed by atoms with Crippen LogP contribution in [-0.2, 0) is 14.8 Å². The largest absolute Gasteiger partial charge is 0.539 e. The van der Waals surface area contributed by atoms with Crippen LogP contribution in [0.2, 0.25) is 5.02 Å². The predicted molar refractivity (Wildman–Crippen MR) is 112 cm³/mol. The first-order chi connectivity index (χ1) is 13.8. The van der Waals surface area contributed by atoms with E-state index in [2.05, 4.69) is 15.2 Å². The number of hydrogen-bond donors (Lipinski definition) is 1. The molecule has 0 atom stereocenters. The third-order valence-corrected chi connectivity index (χ3v) is 5.69. The van der Waals surface area contributed by atoms with Crippen molar-refractivity contribution in [2.45, 2.75) is 18.7 Å². The van der Waals surface area contributed by atoms with Crippen molar-refractivity contribution in [1.82, 2.24) is 5.16 Å². The van der Waals surface area contributed by atoms with Crippen molar-refractivity contribution >= 4 is 45.2 Å². The molecule has 3 rings (SSSR count). The number of hydrogen-bond acceptors (Lipinski definition) is 5. The molecule has 0 saturated heterocycles. The van der Waals surface area contributed by atoms with Crippen LogP contribution in [-0.4, -0.2) is 19.5 Å². The van der Waals surface area contributed by atoms with E-state index in [1.54, 1.807) is 38.1 Å². The van der Waals surface area contributed by atoms with Crippen LogP contribution in [0.4, 0.5) is 11.6 Å². The Balaban J connectivity index is 1.67. The molecule has 1 heterocycles. The quantitative estimate of drug-likeness (QED) is 0.554. The van der Waals surface area contributed by atoms with E-state index in [1.807, 2.05) is 6.07 Å². The molecule has 1 N–H and O–H groups in total. The fourth-order valence-electron chi connectivity index (χ4n) is 2.32. The van der Waals surface area contributed by atoms with E-state index < -0.39 is 10.0 Å². The second-order valence-electron chi connectivity index (χ2n) is 6.13. The van der Waals surface area contributed by atoms with E-state index in [4.69, 9.17) is 16.1 Å². The number of rotatable bonds is 6. The monoisotopic (exact) mass is 430 g/mol. The summed E-state index contributed by atoms with van der Waals surface area (Å²) in [6.07, 6.45) is 2.94. The minimum absolute atomic E-state index is 0.0319. The first kappa shape index (κ1) is 20.6. The highest BCUT2D eigenvalue weighted by molar-refractivity contribution is 7.94. The normalized spacial score (nSPS) is 11.6. The van der Waals surface area contributed by atoms with Crippen LogP contribution in [0.5, 0.6) is 0 Å². The molecule has 0 bridgehead atoms. The van der Waals surface area contributed by atoms with Gasteiger partial charge in [-0.05, 0) is 61.4 Å². The number of benzene rings is 2. The SMILES string of the molecule is Cc1noc([N-]S(=O)(=O)c2ccc(NC(=O)C=Cc3ccccc3Cl)cc2)c1C. The third kappa shape index (κ3) is 5.04. The molecule has 1 aromatic heterocycles. The first-order valence-corrected chi connectivity index (χ1v) is 10.3. The molecule has 0 fully saturated rings. The Morgan fingerprint density at radius 1 is 1.14 bits per heavy atom. The second kappa shape index (κ2) is 8.50. The summed E-state index contributed by atoms with van der Waals surface area (Å²) < 4.78 is 33.5. The van der Waals surface area contributed by atoms with Crippen molar-refractivity contribution in [2.24, 2.45) is 0 Å². The summed E-state index contributed by atoms with van der Waals surface area (Å²) >= 11 is 6.04. The van der Waals surface area contributed by atoms with E-state index in [9.17, 15) is 13.2 Å². The van der Waals surface area contributed by atoms with E-state index >= 15 is 0 Å². The molecule has 0 radical (unpaired) electrons. The summed E-state index contributed by atoms with van der Waals surface area (Å²) in [4.78, 5) is 12.0. The number of halogens is 1. The van der Waals surface area contributed by atoms with Crippen LogP contribution in [0.25, 0.3) is 10.8 Å². The van der Waals surface area contributed by atoms with Crippen LogP contribution < -0.4 is 5.32 Å². The topological polar surface area (TPSA) is 103 Å². The highest BCUT2D eigenvalue weighted by Gasteiger charge is 2.10. The highest BCUT2D eigenvalue weighted by atomic mass is 35.5. The minimum atomic E-state index is -3.97. The first-order valence-electron chi connectivity index (χ1n) is 8.51. The summed E-state index contributed by atoms with van der Waals surface area (Å²) in [6.45, 7) is 3.37. The van der Waals surface area contributed by atoms with E-state index in [0.29, 0.717) is 27.5 Å². The number of nitrogens with one attached hydrogen (secondary N) is 1. The van der Waals surface area contributed by atoms with Crippen molar-refractivity contribution in [3.8, 4) is 0 Å². The maximum atomic E-state index is 12.4.